The molecule has 1 unspecified atom stereocenters. The fraction of sp³-hybridized carbons (Fsp3) is 0.733. The molecule has 5 nitrogen and oxygen atoms in total. The van der Waals surface area contributed by atoms with Crippen LogP contribution in [0, 0.1) is 5.41 Å². The quantitative estimate of drug-likeness (QED) is 0.786. The van der Waals surface area contributed by atoms with E-state index in [-0.39, 0.29) is 16.5 Å². The van der Waals surface area contributed by atoms with Gasteiger partial charge in [-0.15, -0.1) is 0 Å². The number of nitrogens with one attached hydrogen (secondary N) is 1. The fourth-order valence-electron chi connectivity index (χ4n) is 1.88. The fourth-order valence-corrected chi connectivity index (χ4v) is 3.34. The second-order valence-corrected chi connectivity index (χ2v) is 8.39. The smallest absolute Gasteiger partial charge is 0.276 e. The van der Waals surface area contributed by atoms with Crippen molar-refractivity contribution in [1.82, 2.24) is 9.62 Å². The first-order valence-electron chi connectivity index (χ1n) is 7.38. The molecule has 21 heavy (non-hydrogen) atoms. The Bertz CT molecular complexity index is 544. The lowest BCUT2D eigenvalue weighted by Gasteiger charge is -2.33. The van der Waals surface area contributed by atoms with Crippen LogP contribution in [0.2, 0.25) is 0 Å². The molecule has 0 aliphatic carbocycles. The molecule has 0 aliphatic heterocycles. The predicted octanol–water partition coefficient (Wildman–Crippen LogP) is 2.83. The zero-order valence-corrected chi connectivity index (χ0v) is 14.8. The van der Waals surface area contributed by atoms with Crippen LogP contribution in [-0.2, 0) is 16.6 Å². The van der Waals surface area contributed by atoms with E-state index in [2.05, 4.69) is 12.2 Å². The SMILES string of the molecule is CCCNCc1ccc(S(=O)(=O)N(C)C(C)C(C)(C)C)o1. The van der Waals surface area contributed by atoms with Gasteiger partial charge in [0.1, 0.15) is 5.76 Å². The second-order valence-electron chi connectivity index (χ2n) is 6.46. The molecule has 0 bridgehead atoms. The van der Waals surface area contributed by atoms with Crippen molar-refractivity contribution >= 4 is 10.0 Å². The number of furan rings is 1. The number of rotatable bonds is 7. The zero-order valence-electron chi connectivity index (χ0n) is 13.9. The highest BCUT2D eigenvalue weighted by molar-refractivity contribution is 7.89. The summed E-state index contributed by atoms with van der Waals surface area (Å²) >= 11 is 0. The van der Waals surface area contributed by atoms with Crippen LogP contribution in [0.1, 0.15) is 46.8 Å². The molecule has 6 heteroatoms. The molecule has 0 radical (unpaired) electrons. The molecule has 0 saturated heterocycles. The van der Waals surface area contributed by atoms with Crippen molar-refractivity contribution in [3.8, 4) is 0 Å². The van der Waals surface area contributed by atoms with Crippen molar-refractivity contribution in [2.45, 2.75) is 58.7 Å². The predicted molar refractivity (Wildman–Crippen MR) is 84.6 cm³/mol. The van der Waals surface area contributed by atoms with E-state index in [4.69, 9.17) is 4.42 Å². The molecule has 1 aromatic heterocycles. The molecule has 1 atom stereocenters. The number of hydrogen-bond donors (Lipinski definition) is 1. The summed E-state index contributed by atoms with van der Waals surface area (Å²) in [7, 11) is -1.99. The van der Waals surface area contributed by atoms with Crippen molar-refractivity contribution < 1.29 is 12.8 Å². The molecular formula is C15H28N2O3S. The molecule has 0 fully saturated rings. The number of sulfonamides is 1. The molecule has 1 aromatic rings. The summed E-state index contributed by atoms with van der Waals surface area (Å²) in [6.45, 7) is 11.5. The van der Waals surface area contributed by atoms with Gasteiger partial charge >= 0.3 is 0 Å². The van der Waals surface area contributed by atoms with Gasteiger partial charge in [0.15, 0.2) is 0 Å². The first kappa shape index (κ1) is 18.2. The minimum Gasteiger partial charge on any atom is -0.447 e. The molecule has 1 heterocycles. The van der Waals surface area contributed by atoms with Gasteiger partial charge < -0.3 is 9.73 Å². The van der Waals surface area contributed by atoms with Crippen molar-refractivity contribution in [2.75, 3.05) is 13.6 Å². The van der Waals surface area contributed by atoms with Crippen molar-refractivity contribution in [3.05, 3.63) is 17.9 Å². The molecule has 1 N–H and O–H groups in total. The van der Waals surface area contributed by atoms with Crippen LogP contribution in [-0.4, -0.2) is 32.4 Å². The molecule has 1 rings (SSSR count). The van der Waals surface area contributed by atoms with E-state index in [0.29, 0.717) is 12.3 Å². The molecule has 0 spiro atoms. The molecule has 0 aliphatic rings. The zero-order chi connectivity index (χ0) is 16.3. The number of hydrogen-bond acceptors (Lipinski definition) is 4. The van der Waals surface area contributed by atoms with E-state index in [0.717, 1.165) is 13.0 Å². The highest BCUT2D eigenvalue weighted by Crippen LogP contribution is 2.28. The summed E-state index contributed by atoms with van der Waals surface area (Å²) in [5, 5.41) is 3.20. The maximum absolute atomic E-state index is 12.6. The summed E-state index contributed by atoms with van der Waals surface area (Å²) in [5.74, 6) is 0.638. The largest absolute Gasteiger partial charge is 0.447 e. The second kappa shape index (κ2) is 6.94. The highest BCUT2D eigenvalue weighted by Gasteiger charge is 2.34. The number of nitrogens with zero attached hydrogens (tertiary/aromatic N) is 1. The summed E-state index contributed by atoms with van der Waals surface area (Å²) in [5.41, 5.74) is -0.139. The third-order valence-corrected chi connectivity index (χ3v) is 5.60. The summed E-state index contributed by atoms with van der Waals surface area (Å²) in [4.78, 5) is 0. The van der Waals surface area contributed by atoms with Gasteiger partial charge in [-0.25, -0.2) is 8.42 Å². The third-order valence-electron chi connectivity index (χ3n) is 3.80. The maximum atomic E-state index is 12.6. The Morgan fingerprint density at radius 3 is 2.48 bits per heavy atom. The molecule has 0 amide bonds. The Balaban J connectivity index is 2.88. The molecule has 0 aromatic carbocycles. The van der Waals surface area contributed by atoms with Crippen LogP contribution in [0.15, 0.2) is 21.6 Å². The van der Waals surface area contributed by atoms with Gasteiger partial charge in [-0.1, -0.05) is 27.7 Å². The van der Waals surface area contributed by atoms with Gasteiger partial charge in [0.05, 0.1) is 6.54 Å². The molecule has 122 valence electrons. The van der Waals surface area contributed by atoms with Crippen LogP contribution in [0.25, 0.3) is 0 Å². The highest BCUT2D eigenvalue weighted by atomic mass is 32.2. The lowest BCUT2D eigenvalue weighted by atomic mass is 9.88. The van der Waals surface area contributed by atoms with Gasteiger partial charge in [0, 0.05) is 13.1 Å². The standard InChI is InChI=1S/C15H28N2O3S/c1-7-10-16-11-13-8-9-14(20-13)21(18,19)17(6)12(2)15(3,4)5/h8-9,12,16H,7,10-11H2,1-6H3. The van der Waals surface area contributed by atoms with Crippen molar-refractivity contribution in [3.63, 3.8) is 0 Å². The van der Waals surface area contributed by atoms with E-state index in [1.165, 1.54) is 10.4 Å². The Hall–Kier alpha value is -0.850. The van der Waals surface area contributed by atoms with Crippen LogP contribution in [0.3, 0.4) is 0 Å². The Morgan fingerprint density at radius 2 is 1.95 bits per heavy atom. The first-order valence-corrected chi connectivity index (χ1v) is 8.82. The van der Waals surface area contributed by atoms with Gasteiger partial charge in [-0.2, -0.15) is 4.31 Å². The van der Waals surface area contributed by atoms with E-state index in [9.17, 15) is 8.42 Å². The van der Waals surface area contributed by atoms with Crippen molar-refractivity contribution in [2.24, 2.45) is 5.41 Å². The summed E-state index contributed by atoms with van der Waals surface area (Å²) in [6.07, 6.45) is 1.03. The topological polar surface area (TPSA) is 62.6 Å². The van der Waals surface area contributed by atoms with Gasteiger partial charge in [-0.3, -0.25) is 0 Å². The Labute approximate surface area is 128 Å². The Morgan fingerprint density at radius 1 is 1.33 bits per heavy atom. The van der Waals surface area contributed by atoms with Crippen molar-refractivity contribution in [1.29, 1.82) is 0 Å². The van der Waals surface area contributed by atoms with E-state index in [1.807, 2.05) is 27.7 Å². The van der Waals surface area contributed by atoms with Gasteiger partial charge in [0.2, 0.25) is 5.09 Å². The van der Waals surface area contributed by atoms with Crippen LogP contribution < -0.4 is 5.32 Å². The molecule has 0 saturated carbocycles. The van der Waals surface area contributed by atoms with E-state index in [1.54, 1.807) is 13.1 Å². The average molecular weight is 316 g/mol. The summed E-state index contributed by atoms with van der Waals surface area (Å²) in [6, 6.07) is 3.12. The van der Waals surface area contributed by atoms with Crippen LogP contribution >= 0.6 is 0 Å². The Kier molecular flexibility index (Phi) is 6.01. The van der Waals surface area contributed by atoms with Crippen LogP contribution in [0.5, 0.6) is 0 Å². The average Bonchev–Trinajstić information content (AvgIpc) is 2.85. The third kappa shape index (κ3) is 4.56. The minimum atomic E-state index is -3.59. The summed E-state index contributed by atoms with van der Waals surface area (Å²) < 4.78 is 32.0. The van der Waals surface area contributed by atoms with Crippen LogP contribution in [0.4, 0.5) is 0 Å². The lowest BCUT2D eigenvalue weighted by Crippen LogP contribution is -2.42. The van der Waals surface area contributed by atoms with Gasteiger partial charge in [0.25, 0.3) is 10.0 Å². The van der Waals surface area contributed by atoms with Gasteiger partial charge in [-0.05, 0) is 37.4 Å². The maximum Gasteiger partial charge on any atom is 0.276 e. The van der Waals surface area contributed by atoms with E-state index >= 15 is 0 Å². The lowest BCUT2D eigenvalue weighted by molar-refractivity contribution is 0.213. The van der Waals surface area contributed by atoms with E-state index < -0.39 is 10.0 Å². The molecular weight excluding hydrogens is 288 g/mol. The normalized spacial score (nSPS) is 14.6. The minimum absolute atomic E-state index is 0.00870. The first-order chi connectivity index (χ1) is 9.60. The monoisotopic (exact) mass is 316 g/mol.